The van der Waals surface area contributed by atoms with Crippen LogP contribution in [0.15, 0.2) is 48.5 Å². The molecule has 146 valence electrons. The number of ether oxygens (including phenoxy) is 2. The minimum absolute atomic E-state index is 0.0415. The molecule has 1 aromatic heterocycles. The summed E-state index contributed by atoms with van der Waals surface area (Å²) in [5, 5.41) is 0. The molecule has 3 heterocycles. The Balaban J connectivity index is 1.41. The molecule has 0 atom stereocenters. The lowest BCUT2D eigenvalue weighted by atomic mass is 9.96. The van der Waals surface area contributed by atoms with E-state index in [0.29, 0.717) is 25.7 Å². The Morgan fingerprint density at radius 3 is 2.43 bits per heavy atom. The Kier molecular flexibility index (Phi) is 4.74. The van der Waals surface area contributed by atoms with E-state index in [4.69, 9.17) is 14.5 Å². The van der Waals surface area contributed by atoms with Gasteiger partial charge in [0.25, 0.3) is 0 Å². The Morgan fingerprint density at radius 1 is 0.964 bits per heavy atom. The van der Waals surface area contributed by atoms with Gasteiger partial charge in [0.1, 0.15) is 5.82 Å². The highest BCUT2D eigenvalue weighted by Crippen LogP contribution is 2.30. The van der Waals surface area contributed by atoms with Gasteiger partial charge in [-0.3, -0.25) is 0 Å². The Hall–Kier alpha value is -2.44. The summed E-state index contributed by atoms with van der Waals surface area (Å²) in [4.78, 5) is 7.28. The van der Waals surface area contributed by atoms with Crippen molar-refractivity contribution < 1.29 is 13.9 Å². The molecule has 5 nitrogen and oxygen atoms in total. The number of hydrogen-bond donors (Lipinski definition) is 0. The molecule has 3 aromatic rings. The van der Waals surface area contributed by atoms with Gasteiger partial charge in [0.05, 0.1) is 30.8 Å². The first kappa shape index (κ1) is 17.6. The Bertz CT molecular complexity index is 942. The van der Waals surface area contributed by atoms with E-state index in [2.05, 4.69) is 15.5 Å². The van der Waals surface area contributed by atoms with Crippen molar-refractivity contribution in [3.63, 3.8) is 0 Å². The third-order valence-corrected chi connectivity index (χ3v) is 5.74. The van der Waals surface area contributed by atoms with Gasteiger partial charge in [0.2, 0.25) is 5.95 Å². The minimum Gasteiger partial charge on any atom is -0.350 e. The second-order valence-corrected chi connectivity index (χ2v) is 7.55. The second-order valence-electron chi connectivity index (χ2n) is 7.55. The van der Waals surface area contributed by atoms with Crippen LogP contribution in [0.3, 0.4) is 0 Å². The average Bonchev–Trinajstić information content (AvgIpc) is 3.39. The van der Waals surface area contributed by atoms with Gasteiger partial charge in [-0.25, -0.2) is 9.37 Å². The standard InChI is InChI=1S/C22H24FN3O2/c23-18-7-5-16(6-8-18)15-26-20-4-2-1-3-19(20)24-22(26)25-11-9-17(10-12-25)21-27-13-14-28-21/h1-8,17,21H,9-15H2. The summed E-state index contributed by atoms with van der Waals surface area (Å²) in [6.07, 6.45) is 2.02. The van der Waals surface area contributed by atoms with Gasteiger partial charge in [0, 0.05) is 19.0 Å². The smallest absolute Gasteiger partial charge is 0.206 e. The van der Waals surface area contributed by atoms with Gasteiger partial charge < -0.3 is 18.9 Å². The molecule has 6 heteroatoms. The fourth-order valence-corrected chi connectivity index (χ4v) is 4.25. The maximum absolute atomic E-state index is 13.3. The molecule has 2 aliphatic rings. The van der Waals surface area contributed by atoms with Crippen molar-refractivity contribution in [3.05, 3.63) is 59.9 Å². The number of benzene rings is 2. The van der Waals surface area contributed by atoms with Crippen LogP contribution in [0.25, 0.3) is 11.0 Å². The summed E-state index contributed by atoms with van der Waals surface area (Å²) < 4.78 is 27.0. The number of para-hydroxylation sites is 2. The molecule has 0 aliphatic carbocycles. The number of fused-ring (bicyclic) bond motifs is 1. The summed E-state index contributed by atoms with van der Waals surface area (Å²) in [6, 6.07) is 14.9. The van der Waals surface area contributed by atoms with Gasteiger partial charge >= 0.3 is 0 Å². The van der Waals surface area contributed by atoms with Gasteiger partial charge in [-0.15, -0.1) is 0 Å². The van der Waals surface area contributed by atoms with E-state index >= 15 is 0 Å². The number of rotatable bonds is 4. The zero-order valence-electron chi connectivity index (χ0n) is 15.8. The first-order valence-electron chi connectivity index (χ1n) is 9.96. The van der Waals surface area contributed by atoms with Crippen molar-refractivity contribution in [1.29, 1.82) is 0 Å². The van der Waals surface area contributed by atoms with Gasteiger partial charge in [-0.2, -0.15) is 0 Å². The van der Waals surface area contributed by atoms with E-state index in [1.165, 1.54) is 12.1 Å². The van der Waals surface area contributed by atoms with Crippen LogP contribution in [0.5, 0.6) is 0 Å². The maximum Gasteiger partial charge on any atom is 0.206 e. The number of halogens is 1. The van der Waals surface area contributed by atoms with E-state index in [-0.39, 0.29) is 12.1 Å². The highest BCUT2D eigenvalue weighted by atomic mass is 19.1. The normalized spacial score (nSPS) is 19.0. The number of aromatic nitrogens is 2. The monoisotopic (exact) mass is 381 g/mol. The molecule has 5 rings (SSSR count). The molecule has 0 spiro atoms. The molecular weight excluding hydrogens is 357 g/mol. The van der Waals surface area contributed by atoms with E-state index in [1.807, 2.05) is 30.3 Å². The quantitative estimate of drug-likeness (QED) is 0.689. The summed E-state index contributed by atoms with van der Waals surface area (Å²) in [5.74, 6) is 1.23. The highest BCUT2D eigenvalue weighted by Gasteiger charge is 2.31. The SMILES string of the molecule is Fc1ccc(Cn2c(N3CCC(C4OCCO4)CC3)nc3ccccc32)cc1. The fourth-order valence-electron chi connectivity index (χ4n) is 4.25. The second kappa shape index (κ2) is 7.53. The predicted octanol–water partition coefficient (Wildman–Crippen LogP) is 3.81. The van der Waals surface area contributed by atoms with E-state index in [9.17, 15) is 4.39 Å². The topological polar surface area (TPSA) is 39.5 Å². The lowest BCUT2D eigenvalue weighted by molar-refractivity contribution is -0.0889. The van der Waals surface area contributed by atoms with Crippen molar-refractivity contribution in [1.82, 2.24) is 9.55 Å². The molecule has 2 aromatic carbocycles. The first-order valence-corrected chi connectivity index (χ1v) is 9.96. The first-order chi connectivity index (χ1) is 13.8. The molecule has 2 saturated heterocycles. The van der Waals surface area contributed by atoms with Crippen LogP contribution in [0, 0.1) is 11.7 Å². The Labute approximate surface area is 163 Å². The van der Waals surface area contributed by atoms with Crippen LogP contribution in [-0.4, -0.2) is 42.1 Å². The molecular formula is C22H24FN3O2. The predicted molar refractivity (Wildman–Crippen MR) is 106 cm³/mol. The van der Waals surface area contributed by atoms with Gasteiger partial charge in [-0.1, -0.05) is 24.3 Å². The zero-order chi connectivity index (χ0) is 18.9. The number of hydrogen-bond acceptors (Lipinski definition) is 4. The van der Waals surface area contributed by atoms with Crippen molar-refractivity contribution in [3.8, 4) is 0 Å². The third kappa shape index (κ3) is 3.38. The van der Waals surface area contributed by atoms with Crippen molar-refractivity contribution in [2.24, 2.45) is 5.92 Å². The molecule has 0 unspecified atom stereocenters. The van der Waals surface area contributed by atoms with Crippen LogP contribution < -0.4 is 4.90 Å². The lowest BCUT2D eigenvalue weighted by Crippen LogP contribution is -2.39. The summed E-state index contributed by atoms with van der Waals surface area (Å²) in [5.41, 5.74) is 3.16. The number of nitrogens with zero attached hydrogens (tertiary/aromatic N) is 3. The molecule has 28 heavy (non-hydrogen) atoms. The Morgan fingerprint density at radius 2 is 1.68 bits per heavy atom. The van der Waals surface area contributed by atoms with Crippen LogP contribution >= 0.6 is 0 Å². The van der Waals surface area contributed by atoms with Crippen molar-refractivity contribution >= 4 is 17.0 Å². The summed E-state index contributed by atoms with van der Waals surface area (Å²) >= 11 is 0. The minimum atomic E-state index is -0.210. The zero-order valence-corrected chi connectivity index (χ0v) is 15.8. The maximum atomic E-state index is 13.3. The number of anilines is 1. The molecule has 2 aliphatic heterocycles. The van der Waals surface area contributed by atoms with Gasteiger partial charge in [-0.05, 0) is 42.7 Å². The largest absolute Gasteiger partial charge is 0.350 e. The summed E-state index contributed by atoms with van der Waals surface area (Å²) in [7, 11) is 0. The van der Waals surface area contributed by atoms with Crippen LogP contribution in [-0.2, 0) is 16.0 Å². The van der Waals surface area contributed by atoms with Crippen LogP contribution in [0.2, 0.25) is 0 Å². The lowest BCUT2D eigenvalue weighted by Gasteiger charge is -2.34. The van der Waals surface area contributed by atoms with Gasteiger partial charge in [0.15, 0.2) is 6.29 Å². The van der Waals surface area contributed by atoms with Crippen LogP contribution in [0.1, 0.15) is 18.4 Å². The van der Waals surface area contributed by atoms with Crippen LogP contribution in [0.4, 0.5) is 10.3 Å². The van der Waals surface area contributed by atoms with Crippen molar-refractivity contribution in [2.75, 3.05) is 31.2 Å². The molecule has 0 amide bonds. The van der Waals surface area contributed by atoms with E-state index in [1.54, 1.807) is 0 Å². The molecule has 2 fully saturated rings. The fraction of sp³-hybridized carbons (Fsp3) is 0.409. The van der Waals surface area contributed by atoms with E-state index < -0.39 is 0 Å². The number of imidazole rings is 1. The third-order valence-electron chi connectivity index (χ3n) is 5.74. The van der Waals surface area contributed by atoms with E-state index in [0.717, 1.165) is 48.5 Å². The molecule has 0 radical (unpaired) electrons. The average molecular weight is 381 g/mol. The number of piperidine rings is 1. The molecule has 0 saturated carbocycles. The highest BCUT2D eigenvalue weighted by molar-refractivity contribution is 5.79. The summed E-state index contributed by atoms with van der Waals surface area (Å²) in [6.45, 7) is 3.95. The molecule has 0 bridgehead atoms. The molecule has 0 N–H and O–H groups in total. The van der Waals surface area contributed by atoms with Crippen molar-refractivity contribution in [2.45, 2.75) is 25.7 Å².